The Morgan fingerprint density at radius 3 is 3.00 bits per heavy atom. The Morgan fingerprint density at radius 1 is 1.50 bits per heavy atom. The first-order chi connectivity index (χ1) is 8.73. The lowest BCUT2D eigenvalue weighted by molar-refractivity contribution is -0.152. The van der Waals surface area contributed by atoms with Gasteiger partial charge in [0.2, 0.25) is 0 Å². The Kier molecular flexibility index (Phi) is 2.16. The summed E-state index contributed by atoms with van der Waals surface area (Å²) in [5.41, 5.74) is 0.405. The predicted octanol–water partition coefficient (Wildman–Crippen LogP) is 1.50. The molecule has 1 unspecified atom stereocenters. The first-order valence-electron chi connectivity index (χ1n) is 5.64. The summed E-state index contributed by atoms with van der Waals surface area (Å²) in [6, 6.07) is 7.11. The van der Waals surface area contributed by atoms with Crippen molar-refractivity contribution < 1.29 is 19.5 Å². The number of ether oxygens (including phenoxy) is 2. The number of esters is 1. The molecule has 0 aromatic heterocycles. The normalized spacial score (nSPS) is 25.6. The zero-order valence-corrected chi connectivity index (χ0v) is 9.71. The van der Waals surface area contributed by atoms with Gasteiger partial charge in [-0.05, 0) is 25.1 Å². The summed E-state index contributed by atoms with van der Waals surface area (Å²) in [5, 5.41) is 12.4. The molecule has 5 heteroatoms. The standard InChI is InChI=1S/C13H11NO4/c1-2-17-12(15)13-7-9(13)11(14-16)8-5-3-4-6-10(8)18-13/h3-7,16H,2H2,1H3/b14-11-. The number of para-hydroxylation sites is 1. The molecular weight excluding hydrogens is 234 g/mol. The average molecular weight is 245 g/mol. The Hall–Kier alpha value is -2.30. The highest BCUT2D eigenvalue weighted by Gasteiger charge is 2.60. The van der Waals surface area contributed by atoms with Gasteiger partial charge in [0.25, 0.3) is 5.60 Å². The van der Waals surface area contributed by atoms with Crippen LogP contribution in [0.4, 0.5) is 0 Å². The smallest absolute Gasteiger partial charge is 0.359 e. The molecule has 0 radical (unpaired) electrons. The van der Waals surface area contributed by atoms with Gasteiger partial charge in [-0.15, -0.1) is 0 Å². The summed E-state index contributed by atoms with van der Waals surface area (Å²) in [6.45, 7) is 2.01. The fourth-order valence-electron chi connectivity index (χ4n) is 2.12. The molecule has 0 saturated heterocycles. The third-order valence-corrected chi connectivity index (χ3v) is 3.01. The maximum atomic E-state index is 11.9. The minimum absolute atomic E-state index is 0.276. The lowest BCUT2D eigenvalue weighted by Crippen LogP contribution is -2.39. The summed E-state index contributed by atoms with van der Waals surface area (Å²) in [4.78, 5) is 11.9. The van der Waals surface area contributed by atoms with E-state index in [1.54, 1.807) is 31.2 Å². The molecule has 1 aromatic carbocycles. The summed E-state index contributed by atoms with van der Waals surface area (Å²) in [5.74, 6) is 0.0338. The number of hydrogen-bond acceptors (Lipinski definition) is 5. The molecular formula is C13H11NO4. The van der Waals surface area contributed by atoms with Crippen LogP contribution in [-0.2, 0) is 9.53 Å². The third kappa shape index (κ3) is 1.27. The van der Waals surface area contributed by atoms with Crippen LogP contribution in [0.3, 0.4) is 0 Å². The Balaban J connectivity index is 2.03. The molecule has 1 N–H and O–H groups in total. The van der Waals surface area contributed by atoms with Gasteiger partial charge in [0.1, 0.15) is 11.5 Å². The van der Waals surface area contributed by atoms with Gasteiger partial charge in [-0.3, -0.25) is 0 Å². The monoisotopic (exact) mass is 245 g/mol. The Labute approximate surface area is 103 Å². The molecule has 0 bridgehead atoms. The van der Waals surface area contributed by atoms with Gasteiger partial charge < -0.3 is 14.7 Å². The second kappa shape index (κ2) is 3.60. The minimum atomic E-state index is -1.19. The van der Waals surface area contributed by atoms with Gasteiger partial charge in [0.05, 0.1) is 6.61 Å². The van der Waals surface area contributed by atoms with E-state index in [9.17, 15) is 4.79 Å². The van der Waals surface area contributed by atoms with Crippen LogP contribution in [0.25, 0.3) is 0 Å². The van der Waals surface area contributed by atoms with Crippen LogP contribution in [0.5, 0.6) is 5.75 Å². The molecule has 0 spiro atoms. The van der Waals surface area contributed by atoms with E-state index in [1.807, 2.05) is 6.07 Å². The summed E-state index contributed by atoms with van der Waals surface area (Å²) >= 11 is 0. The van der Waals surface area contributed by atoms with Crippen LogP contribution in [0.2, 0.25) is 0 Å². The lowest BCUT2D eigenvalue weighted by atomic mass is 9.99. The molecule has 0 fully saturated rings. The highest BCUT2D eigenvalue weighted by molar-refractivity contribution is 6.24. The van der Waals surface area contributed by atoms with E-state index in [0.29, 0.717) is 22.6 Å². The van der Waals surface area contributed by atoms with Crippen LogP contribution in [0.15, 0.2) is 41.1 Å². The number of carbonyl (C=O) groups excluding carboxylic acids is 1. The van der Waals surface area contributed by atoms with Crippen LogP contribution in [0.1, 0.15) is 12.5 Å². The molecule has 2 aliphatic rings. The quantitative estimate of drug-likeness (QED) is 0.487. The highest BCUT2D eigenvalue weighted by Crippen LogP contribution is 2.48. The van der Waals surface area contributed by atoms with Crippen molar-refractivity contribution >= 4 is 11.7 Å². The molecule has 0 saturated carbocycles. The third-order valence-electron chi connectivity index (χ3n) is 3.01. The number of benzene rings is 1. The van der Waals surface area contributed by atoms with Crippen molar-refractivity contribution in [1.29, 1.82) is 0 Å². The van der Waals surface area contributed by atoms with Crippen molar-refractivity contribution in [2.24, 2.45) is 5.16 Å². The molecule has 1 aromatic rings. The second-order valence-corrected chi connectivity index (χ2v) is 4.06. The van der Waals surface area contributed by atoms with Crippen molar-refractivity contribution in [3.63, 3.8) is 0 Å². The van der Waals surface area contributed by atoms with Crippen molar-refractivity contribution in [2.45, 2.75) is 12.5 Å². The zero-order chi connectivity index (χ0) is 12.8. The van der Waals surface area contributed by atoms with Gasteiger partial charge >= 0.3 is 5.97 Å². The van der Waals surface area contributed by atoms with Gasteiger partial charge in [-0.25, -0.2) is 4.79 Å². The molecule has 1 heterocycles. The largest absolute Gasteiger partial charge is 0.466 e. The Morgan fingerprint density at radius 2 is 2.28 bits per heavy atom. The van der Waals surface area contributed by atoms with E-state index in [4.69, 9.17) is 14.7 Å². The van der Waals surface area contributed by atoms with E-state index in [2.05, 4.69) is 5.16 Å². The molecule has 18 heavy (non-hydrogen) atoms. The number of carbonyl (C=O) groups is 1. The van der Waals surface area contributed by atoms with Gasteiger partial charge in [-0.2, -0.15) is 0 Å². The fourth-order valence-corrected chi connectivity index (χ4v) is 2.12. The lowest BCUT2D eigenvalue weighted by Gasteiger charge is -2.25. The van der Waals surface area contributed by atoms with E-state index in [0.717, 1.165) is 0 Å². The topological polar surface area (TPSA) is 68.1 Å². The number of fused-ring (bicyclic) bond motifs is 2. The molecule has 3 rings (SSSR count). The molecule has 1 atom stereocenters. The maximum Gasteiger partial charge on any atom is 0.359 e. The SMILES string of the molecule is CCOC(=O)C12C=C1/C(=N\O)c1ccccc1O2. The zero-order valence-electron chi connectivity index (χ0n) is 9.71. The number of oxime groups is 1. The van der Waals surface area contributed by atoms with E-state index < -0.39 is 11.6 Å². The number of rotatable bonds is 2. The Bertz CT molecular complexity index is 590. The van der Waals surface area contributed by atoms with Crippen LogP contribution in [0, 0.1) is 0 Å². The van der Waals surface area contributed by atoms with Crippen molar-refractivity contribution in [2.75, 3.05) is 6.61 Å². The highest BCUT2D eigenvalue weighted by atomic mass is 16.6. The van der Waals surface area contributed by atoms with E-state index in [1.165, 1.54) is 0 Å². The molecule has 1 aliphatic heterocycles. The van der Waals surface area contributed by atoms with E-state index >= 15 is 0 Å². The molecule has 92 valence electrons. The van der Waals surface area contributed by atoms with E-state index in [-0.39, 0.29) is 6.61 Å². The van der Waals surface area contributed by atoms with Gasteiger partial charge in [0, 0.05) is 11.1 Å². The van der Waals surface area contributed by atoms with Crippen LogP contribution in [-0.4, -0.2) is 29.1 Å². The predicted molar refractivity (Wildman–Crippen MR) is 62.8 cm³/mol. The van der Waals surface area contributed by atoms with Gasteiger partial charge in [-0.1, -0.05) is 17.3 Å². The fraction of sp³-hybridized carbons (Fsp3) is 0.231. The summed E-state index contributed by atoms with van der Waals surface area (Å²) in [6.07, 6.45) is 1.61. The second-order valence-electron chi connectivity index (χ2n) is 4.06. The summed E-state index contributed by atoms with van der Waals surface area (Å²) < 4.78 is 10.7. The number of hydrogen-bond donors (Lipinski definition) is 1. The van der Waals surface area contributed by atoms with Crippen LogP contribution < -0.4 is 4.74 Å². The molecule has 1 aliphatic carbocycles. The molecule has 5 nitrogen and oxygen atoms in total. The van der Waals surface area contributed by atoms with Crippen molar-refractivity contribution in [3.05, 3.63) is 41.5 Å². The van der Waals surface area contributed by atoms with Crippen LogP contribution >= 0.6 is 0 Å². The van der Waals surface area contributed by atoms with Crippen molar-refractivity contribution in [1.82, 2.24) is 0 Å². The average Bonchev–Trinajstić information content (AvgIpc) is 3.11. The van der Waals surface area contributed by atoms with Gasteiger partial charge in [0.15, 0.2) is 0 Å². The first-order valence-corrected chi connectivity index (χ1v) is 5.64. The maximum absolute atomic E-state index is 11.9. The summed E-state index contributed by atoms with van der Waals surface area (Å²) in [7, 11) is 0. The number of nitrogens with zero attached hydrogens (tertiary/aromatic N) is 1. The molecule has 0 amide bonds. The minimum Gasteiger partial charge on any atom is -0.466 e. The van der Waals surface area contributed by atoms with Crippen molar-refractivity contribution in [3.8, 4) is 5.75 Å². The first kappa shape index (κ1) is 10.8.